The fraction of sp³-hybridized carbons (Fsp3) is 0.0588. The standard InChI is InChI=1S/C17H12N6OS2/c1-24-11-6-4-10(5-7-11)12-9-13(19-18-12)16-22-23-15(14-3-2-8-25-14)20-21-17(23)26-16/h2-9H,1H3,(H,18,19). The summed E-state index contributed by atoms with van der Waals surface area (Å²) in [6.45, 7) is 0. The van der Waals surface area contributed by atoms with E-state index in [9.17, 15) is 0 Å². The molecule has 0 atom stereocenters. The smallest absolute Gasteiger partial charge is 0.235 e. The summed E-state index contributed by atoms with van der Waals surface area (Å²) >= 11 is 3.09. The average Bonchev–Trinajstić information content (AvgIpc) is 3.44. The van der Waals surface area contributed by atoms with Gasteiger partial charge in [-0.3, -0.25) is 5.10 Å². The number of thiophene rings is 1. The first-order chi connectivity index (χ1) is 12.8. The molecule has 9 heteroatoms. The van der Waals surface area contributed by atoms with Gasteiger partial charge < -0.3 is 4.74 Å². The number of aromatic amines is 1. The monoisotopic (exact) mass is 380 g/mol. The first-order valence-electron chi connectivity index (χ1n) is 7.78. The van der Waals surface area contributed by atoms with Crippen LogP contribution in [0.4, 0.5) is 0 Å². The van der Waals surface area contributed by atoms with Crippen molar-refractivity contribution >= 4 is 27.6 Å². The van der Waals surface area contributed by atoms with Crippen LogP contribution >= 0.6 is 22.7 Å². The van der Waals surface area contributed by atoms with Crippen LogP contribution in [-0.4, -0.2) is 37.1 Å². The SMILES string of the molecule is COc1ccc(-c2cc(-c3nn4c(-c5cccs5)nnc4s3)[nH]n2)cc1. The Morgan fingerprint density at radius 3 is 2.77 bits per heavy atom. The van der Waals surface area contributed by atoms with Crippen molar-refractivity contribution in [3.8, 4) is 38.4 Å². The van der Waals surface area contributed by atoms with Gasteiger partial charge in [0.25, 0.3) is 0 Å². The zero-order valence-corrected chi connectivity index (χ0v) is 15.2. The zero-order valence-electron chi connectivity index (χ0n) is 13.6. The van der Waals surface area contributed by atoms with Crippen LogP contribution in [0.3, 0.4) is 0 Å². The molecule has 0 fully saturated rings. The Morgan fingerprint density at radius 2 is 2.00 bits per heavy atom. The van der Waals surface area contributed by atoms with Crippen LogP contribution < -0.4 is 4.74 Å². The van der Waals surface area contributed by atoms with Crippen molar-refractivity contribution in [1.82, 2.24) is 30.0 Å². The van der Waals surface area contributed by atoms with E-state index < -0.39 is 0 Å². The second kappa shape index (κ2) is 6.04. The first kappa shape index (κ1) is 15.2. The Bertz CT molecular complexity index is 1170. The molecule has 7 nitrogen and oxygen atoms in total. The molecular formula is C17H12N6OS2. The van der Waals surface area contributed by atoms with Gasteiger partial charge in [0.05, 0.1) is 23.4 Å². The number of hydrogen-bond donors (Lipinski definition) is 1. The summed E-state index contributed by atoms with van der Waals surface area (Å²) in [6.07, 6.45) is 0. The van der Waals surface area contributed by atoms with Crippen LogP contribution in [0.1, 0.15) is 0 Å². The number of nitrogens with one attached hydrogen (secondary N) is 1. The molecule has 5 rings (SSSR count). The molecule has 26 heavy (non-hydrogen) atoms. The highest BCUT2D eigenvalue weighted by atomic mass is 32.1. The van der Waals surface area contributed by atoms with Crippen molar-refractivity contribution in [1.29, 1.82) is 0 Å². The fourth-order valence-corrected chi connectivity index (χ4v) is 4.13. The van der Waals surface area contributed by atoms with Gasteiger partial charge in [-0.25, -0.2) is 0 Å². The van der Waals surface area contributed by atoms with E-state index in [1.165, 1.54) is 11.3 Å². The van der Waals surface area contributed by atoms with Crippen molar-refractivity contribution < 1.29 is 4.74 Å². The van der Waals surface area contributed by atoms with Gasteiger partial charge in [-0.05, 0) is 41.8 Å². The molecule has 0 saturated carbocycles. The Balaban J connectivity index is 1.51. The van der Waals surface area contributed by atoms with Crippen molar-refractivity contribution in [3.05, 3.63) is 47.8 Å². The summed E-state index contributed by atoms with van der Waals surface area (Å²) in [4.78, 5) is 1.79. The van der Waals surface area contributed by atoms with E-state index in [2.05, 4.69) is 25.5 Å². The van der Waals surface area contributed by atoms with E-state index in [4.69, 9.17) is 4.74 Å². The molecule has 0 spiro atoms. The van der Waals surface area contributed by atoms with E-state index in [-0.39, 0.29) is 0 Å². The highest BCUT2D eigenvalue weighted by Gasteiger charge is 2.16. The molecule has 0 aliphatic carbocycles. The van der Waals surface area contributed by atoms with E-state index in [1.807, 2.05) is 47.8 Å². The first-order valence-corrected chi connectivity index (χ1v) is 9.48. The maximum absolute atomic E-state index is 5.19. The lowest BCUT2D eigenvalue weighted by Gasteiger charge is -1.99. The number of methoxy groups -OCH3 is 1. The van der Waals surface area contributed by atoms with Crippen LogP contribution in [-0.2, 0) is 0 Å². The molecule has 0 aliphatic rings. The molecular weight excluding hydrogens is 368 g/mol. The van der Waals surface area contributed by atoms with Gasteiger partial charge in [-0.2, -0.15) is 14.7 Å². The van der Waals surface area contributed by atoms with Gasteiger partial charge >= 0.3 is 0 Å². The van der Waals surface area contributed by atoms with Crippen LogP contribution in [0.5, 0.6) is 5.75 Å². The number of rotatable bonds is 4. The van der Waals surface area contributed by atoms with E-state index >= 15 is 0 Å². The number of fused-ring (bicyclic) bond motifs is 1. The van der Waals surface area contributed by atoms with Gasteiger partial charge in [0.15, 0.2) is 10.8 Å². The Morgan fingerprint density at radius 1 is 1.12 bits per heavy atom. The predicted molar refractivity (Wildman–Crippen MR) is 102 cm³/mol. The Hall–Kier alpha value is -3.04. The summed E-state index contributed by atoms with van der Waals surface area (Å²) in [5, 5.41) is 23.4. The van der Waals surface area contributed by atoms with E-state index in [0.29, 0.717) is 0 Å². The molecule has 128 valence electrons. The van der Waals surface area contributed by atoms with Gasteiger partial charge in [0, 0.05) is 5.56 Å². The number of H-pyrrole nitrogens is 1. The summed E-state index contributed by atoms with van der Waals surface area (Å²) < 4.78 is 6.97. The molecule has 0 saturated heterocycles. The average molecular weight is 380 g/mol. The van der Waals surface area contributed by atoms with Crippen LogP contribution in [0.15, 0.2) is 47.8 Å². The quantitative estimate of drug-likeness (QED) is 0.510. The number of aromatic nitrogens is 6. The molecule has 0 aliphatic heterocycles. The molecule has 4 heterocycles. The zero-order chi connectivity index (χ0) is 17.5. The maximum atomic E-state index is 5.19. The normalized spacial score (nSPS) is 11.3. The Labute approximate surface area is 155 Å². The van der Waals surface area contributed by atoms with Gasteiger partial charge in [-0.15, -0.1) is 21.5 Å². The van der Waals surface area contributed by atoms with Crippen molar-refractivity contribution in [2.75, 3.05) is 7.11 Å². The maximum Gasteiger partial charge on any atom is 0.235 e. The summed E-state index contributed by atoms with van der Waals surface area (Å²) in [7, 11) is 1.65. The van der Waals surface area contributed by atoms with Gasteiger partial charge in [0.1, 0.15) is 5.75 Å². The molecule has 0 amide bonds. The van der Waals surface area contributed by atoms with Crippen molar-refractivity contribution in [3.63, 3.8) is 0 Å². The van der Waals surface area contributed by atoms with E-state index in [0.717, 1.165) is 43.4 Å². The predicted octanol–water partition coefficient (Wildman–Crippen LogP) is 3.98. The Kier molecular flexibility index (Phi) is 3.54. The second-order valence-electron chi connectivity index (χ2n) is 5.50. The lowest BCUT2D eigenvalue weighted by molar-refractivity contribution is 0.415. The minimum Gasteiger partial charge on any atom is -0.497 e. The largest absolute Gasteiger partial charge is 0.497 e. The second-order valence-corrected chi connectivity index (χ2v) is 7.40. The molecule has 5 aromatic rings. The topological polar surface area (TPSA) is 81.0 Å². The highest BCUT2D eigenvalue weighted by Crippen LogP contribution is 2.30. The highest BCUT2D eigenvalue weighted by molar-refractivity contribution is 7.19. The lowest BCUT2D eigenvalue weighted by atomic mass is 10.1. The van der Waals surface area contributed by atoms with Crippen molar-refractivity contribution in [2.24, 2.45) is 0 Å². The number of hydrogen-bond acceptors (Lipinski definition) is 7. The molecule has 0 unspecified atom stereocenters. The molecule has 0 bridgehead atoms. The van der Waals surface area contributed by atoms with Crippen LogP contribution in [0, 0.1) is 0 Å². The van der Waals surface area contributed by atoms with Gasteiger partial charge in [0.2, 0.25) is 4.96 Å². The minimum absolute atomic E-state index is 0.754. The molecule has 1 N–H and O–H groups in total. The van der Waals surface area contributed by atoms with Gasteiger partial charge in [-0.1, -0.05) is 17.4 Å². The third-order valence-corrected chi connectivity index (χ3v) is 5.72. The van der Waals surface area contributed by atoms with Crippen LogP contribution in [0.2, 0.25) is 0 Å². The number of benzene rings is 1. The minimum atomic E-state index is 0.754. The fourth-order valence-electron chi connectivity index (χ4n) is 2.63. The molecule has 1 aromatic carbocycles. The summed E-state index contributed by atoms with van der Waals surface area (Å²) in [5.74, 6) is 1.58. The third-order valence-electron chi connectivity index (χ3n) is 3.93. The lowest BCUT2D eigenvalue weighted by Crippen LogP contribution is -1.89. The molecule has 4 aromatic heterocycles. The summed E-state index contributed by atoms with van der Waals surface area (Å²) in [5.41, 5.74) is 2.71. The van der Waals surface area contributed by atoms with E-state index in [1.54, 1.807) is 23.0 Å². The summed E-state index contributed by atoms with van der Waals surface area (Å²) in [6, 6.07) is 13.8. The third kappa shape index (κ3) is 2.49. The van der Waals surface area contributed by atoms with Crippen molar-refractivity contribution in [2.45, 2.75) is 0 Å². The van der Waals surface area contributed by atoms with Crippen LogP contribution in [0.25, 0.3) is 37.6 Å². The number of ether oxygens (including phenoxy) is 1. The number of nitrogens with zero attached hydrogens (tertiary/aromatic N) is 5. The molecule has 0 radical (unpaired) electrons.